The number of nitrogens with zero attached hydrogens (tertiary/aromatic N) is 6. The number of aryl methyl sites for hydroxylation is 1. The van der Waals surface area contributed by atoms with E-state index in [1.807, 2.05) is 23.3 Å². The molecule has 31 heavy (non-hydrogen) atoms. The third-order valence-corrected chi connectivity index (χ3v) is 6.17. The first-order valence-electron chi connectivity index (χ1n) is 11.1. The maximum absolute atomic E-state index is 5.58. The topological polar surface area (TPSA) is 61.0 Å². The molecule has 6 rings (SSSR count). The van der Waals surface area contributed by atoms with Crippen molar-refractivity contribution in [3.63, 3.8) is 0 Å². The van der Waals surface area contributed by atoms with E-state index in [9.17, 15) is 0 Å². The molecule has 1 aliphatic heterocycles. The predicted octanol–water partition coefficient (Wildman–Crippen LogP) is 3.84. The van der Waals surface area contributed by atoms with E-state index in [4.69, 9.17) is 19.8 Å². The molecule has 7 heteroatoms. The number of imidazole rings is 1. The second-order valence-electron chi connectivity index (χ2n) is 8.62. The molecule has 0 spiro atoms. The molecule has 1 aromatic carbocycles. The summed E-state index contributed by atoms with van der Waals surface area (Å²) < 4.78 is 9.72. The van der Waals surface area contributed by atoms with Crippen molar-refractivity contribution >= 4 is 16.9 Å². The van der Waals surface area contributed by atoms with Gasteiger partial charge in [-0.1, -0.05) is 12.1 Å². The first-order valence-corrected chi connectivity index (χ1v) is 11.1. The molecule has 2 fully saturated rings. The Morgan fingerprint density at radius 2 is 1.94 bits per heavy atom. The molecule has 4 aromatic rings. The van der Waals surface area contributed by atoms with Crippen LogP contribution in [0.4, 0.5) is 5.69 Å². The van der Waals surface area contributed by atoms with Gasteiger partial charge < -0.3 is 14.2 Å². The number of pyridine rings is 1. The molecule has 3 aromatic heterocycles. The smallest absolute Gasteiger partial charge is 0.162 e. The third-order valence-electron chi connectivity index (χ3n) is 6.17. The van der Waals surface area contributed by atoms with Crippen molar-refractivity contribution in [2.75, 3.05) is 31.2 Å². The van der Waals surface area contributed by atoms with Crippen LogP contribution in [0.15, 0.2) is 48.9 Å². The van der Waals surface area contributed by atoms with Crippen LogP contribution in [0, 0.1) is 12.8 Å². The fourth-order valence-corrected chi connectivity index (χ4v) is 4.28. The molecule has 0 bridgehead atoms. The summed E-state index contributed by atoms with van der Waals surface area (Å²) in [5, 5.41) is 4.85. The SMILES string of the molecule is Cc1cccc(-n2ccc(-c3cc(N4CCOCC4)c4ncn(CC5CC5)c4n3)n2)c1. The van der Waals surface area contributed by atoms with Gasteiger partial charge in [-0.15, -0.1) is 0 Å². The zero-order chi connectivity index (χ0) is 20.8. The number of benzene rings is 1. The summed E-state index contributed by atoms with van der Waals surface area (Å²) in [5.41, 5.74) is 7.09. The van der Waals surface area contributed by atoms with E-state index in [-0.39, 0.29) is 0 Å². The molecule has 158 valence electrons. The summed E-state index contributed by atoms with van der Waals surface area (Å²) in [5.74, 6) is 0.759. The van der Waals surface area contributed by atoms with Gasteiger partial charge in [0.25, 0.3) is 0 Å². The number of morpholine rings is 1. The fraction of sp³-hybridized carbons (Fsp3) is 0.375. The highest BCUT2D eigenvalue weighted by atomic mass is 16.5. The first-order chi connectivity index (χ1) is 15.2. The summed E-state index contributed by atoms with van der Waals surface area (Å²) in [6, 6.07) is 12.6. The Kier molecular flexibility index (Phi) is 4.49. The number of ether oxygens (including phenoxy) is 1. The van der Waals surface area contributed by atoms with Crippen molar-refractivity contribution in [3.8, 4) is 17.1 Å². The summed E-state index contributed by atoms with van der Waals surface area (Å²) in [6.45, 7) is 6.30. The summed E-state index contributed by atoms with van der Waals surface area (Å²) >= 11 is 0. The van der Waals surface area contributed by atoms with Crippen molar-refractivity contribution in [2.45, 2.75) is 26.3 Å². The van der Waals surface area contributed by atoms with Crippen LogP contribution in [0.3, 0.4) is 0 Å². The van der Waals surface area contributed by atoms with E-state index in [1.54, 1.807) is 0 Å². The van der Waals surface area contributed by atoms with Crippen LogP contribution >= 0.6 is 0 Å². The molecule has 2 aliphatic rings. The van der Waals surface area contributed by atoms with Crippen molar-refractivity contribution < 1.29 is 4.74 Å². The van der Waals surface area contributed by atoms with Crippen molar-refractivity contribution in [3.05, 3.63) is 54.5 Å². The summed E-state index contributed by atoms with van der Waals surface area (Å²) in [7, 11) is 0. The minimum atomic E-state index is 0.740. The van der Waals surface area contributed by atoms with Gasteiger partial charge in [-0.2, -0.15) is 5.10 Å². The average molecular weight is 415 g/mol. The summed E-state index contributed by atoms with van der Waals surface area (Å²) in [6.07, 6.45) is 6.56. The number of aromatic nitrogens is 5. The quantitative estimate of drug-likeness (QED) is 0.497. The minimum absolute atomic E-state index is 0.740. The highest BCUT2D eigenvalue weighted by Crippen LogP contribution is 2.34. The Balaban J connectivity index is 1.45. The molecule has 0 N–H and O–H groups in total. The van der Waals surface area contributed by atoms with Crippen molar-refractivity contribution in [2.24, 2.45) is 5.92 Å². The van der Waals surface area contributed by atoms with Crippen LogP contribution in [-0.2, 0) is 11.3 Å². The van der Waals surface area contributed by atoms with Gasteiger partial charge in [0, 0.05) is 25.8 Å². The zero-order valence-electron chi connectivity index (χ0n) is 17.7. The van der Waals surface area contributed by atoms with E-state index in [0.717, 1.165) is 72.7 Å². The normalized spacial score (nSPS) is 16.9. The molecule has 1 saturated carbocycles. The lowest BCUT2D eigenvalue weighted by Gasteiger charge is -2.29. The molecule has 1 aliphatic carbocycles. The van der Waals surface area contributed by atoms with Gasteiger partial charge in [-0.05, 0) is 55.5 Å². The van der Waals surface area contributed by atoms with Crippen LogP contribution < -0.4 is 4.90 Å². The second kappa shape index (κ2) is 7.50. The van der Waals surface area contributed by atoms with Crippen LogP contribution in [0.2, 0.25) is 0 Å². The van der Waals surface area contributed by atoms with Gasteiger partial charge in [0.15, 0.2) is 5.65 Å². The number of hydrogen-bond acceptors (Lipinski definition) is 5. The highest BCUT2D eigenvalue weighted by Gasteiger charge is 2.25. The Labute approximate surface area is 181 Å². The number of fused-ring (bicyclic) bond motifs is 1. The summed E-state index contributed by atoms with van der Waals surface area (Å²) in [4.78, 5) is 12.2. The lowest BCUT2D eigenvalue weighted by molar-refractivity contribution is 0.123. The minimum Gasteiger partial charge on any atom is -0.378 e. The Hall–Kier alpha value is -3.19. The van der Waals surface area contributed by atoms with Crippen LogP contribution in [0.5, 0.6) is 0 Å². The Morgan fingerprint density at radius 1 is 1.06 bits per heavy atom. The first kappa shape index (κ1) is 18.6. The van der Waals surface area contributed by atoms with Crippen molar-refractivity contribution in [1.29, 1.82) is 0 Å². The number of hydrogen-bond donors (Lipinski definition) is 0. The Morgan fingerprint density at radius 3 is 2.74 bits per heavy atom. The number of rotatable bonds is 5. The zero-order valence-corrected chi connectivity index (χ0v) is 17.7. The molecule has 7 nitrogen and oxygen atoms in total. The standard InChI is InChI=1S/C24H26N6O/c1-17-3-2-4-19(13-17)30-8-7-20(27-30)21-14-22(28-9-11-31-12-10-28)23-24(26-21)29(16-25-23)15-18-5-6-18/h2-4,7-8,13-14,16,18H,5-6,9-12,15H2,1H3. The van der Waals surface area contributed by atoms with E-state index in [0.29, 0.717) is 0 Å². The lowest BCUT2D eigenvalue weighted by atomic mass is 10.2. The molecular weight excluding hydrogens is 388 g/mol. The molecule has 0 atom stereocenters. The van der Waals surface area contributed by atoms with Gasteiger partial charge in [-0.25, -0.2) is 14.6 Å². The van der Waals surface area contributed by atoms with Gasteiger partial charge in [0.1, 0.15) is 11.2 Å². The maximum Gasteiger partial charge on any atom is 0.162 e. The molecule has 0 amide bonds. The molecule has 0 unspecified atom stereocenters. The maximum atomic E-state index is 5.58. The van der Waals surface area contributed by atoms with E-state index < -0.39 is 0 Å². The fourth-order valence-electron chi connectivity index (χ4n) is 4.28. The average Bonchev–Trinajstić information content (AvgIpc) is 3.31. The van der Waals surface area contributed by atoms with Crippen LogP contribution in [0.1, 0.15) is 18.4 Å². The third kappa shape index (κ3) is 3.59. The van der Waals surface area contributed by atoms with E-state index in [2.05, 4.69) is 46.7 Å². The molecule has 1 saturated heterocycles. The monoisotopic (exact) mass is 414 g/mol. The van der Waals surface area contributed by atoms with Crippen LogP contribution in [-0.4, -0.2) is 50.6 Å². The Bertz CT molecular complexity index is 1230. The van der Waals surface area contributed by atoms with Gasteiger partial charge >= 0.3 is 0 Å². The molecule has 0 radical (unpaired) electrons. The van der Waals surface area contributed by atoms with E-state index >= 15 is 0 Å². The second-order valence-corrected chi connectivity index (χ2v) is 8.62. The van der Waals surface area contributed by atoms with E-state index in [1.165, 1.54) is 18.4 Å². The number of anilines is 1. The highest BCUT2D eigenvalue weighted by molar-refractivity contribution is 5.89. The molecule has 4 heterocycles. The van der Waals surface area contributed by atoms with Crippen molar-refractivity contribution in [1.82, 2.24) is 24.3 Å². The van der Waals surface area contributed by atoms with Gasteiger partial charge in [-0.3, -0.25) is 0 Å². The predicted molar refractivity (Wildman–Crippen MR) is 121 cm³/mol. The lowest BCUT2D eigenvalue weighted by Crippen LogP contribution is -2.36. The van der Waals surface area contributed by atoms with Gasteiger partial charge in [0.05, 0.1) is 36.6 Å². The van der Waals surface area contributed by atoms with Gasteiger partial charge in [0.2, 0.25) is 0 Å². The molecular formula is C24H26N6O. The largest absolute Gasteiger partial charge is 0.378 e. The van der Waals surface area contributed by atoms with Crippen LogP contribution in [0.25, 0.3) is 28.2 Å².